The molecule has 0 heterocycles. The van der Waals surface area contributed by atoms with E-state index < -0.39 is 0 Å². The molecule has 0 rings (SSSR count). The second-order valence-corrected chi connectivity index (χ2v) is 4.28. The van der Waals surface area contributed by atoms with E-state index >= 15 is 0 Å². The molecule has 0 unspecified atom stereocenters. The number of amides is 1. The molecule has 0 saturated heterocycles. The SMILES string of the molecule is CCCCN(C=O)CCN(CC)CCCC. The number of nitrogens with zero attached hydrogens (tertiary/aromatic N) is 2. The molecule has 16 heavy (non-hydrogen) atoms. The van der Waals surface area contributed by atoms with Gasteiger partial charge in [-0.25, -0.2) is 0 Å². The maximum absolute atomic E-state index is 10.8. The third kappa shape index (κ3) is 7.69. The van der Waals surface area contributed by atoms with E-state index in [1.165, 1.54) is 12.8 Å². The van der Waals surface area contributed by atoms with Crippen molar-refractivity contribution >= 4 is 6.41 Å². The Morgan fingerprint density at radius 2 is 1.50 bits per heavy atom. The Kier molecular flexibility index (Phi) is 10.5. The van der Waals surface area contributed by atoms with Crippen molar-refractivity contribution in [3.8, 4) is 0 Å². The fraction of sp³-hybridized carbons (Fsp3) is 0.923. The van der Waals surface area contributed by atoms with Gasteiger partial charge in [0.15, 0.2) is 0 Å². The lowest BCUT2D eigenvalue weighted by molar-refractivity contribution is -0.118. The Bertz CT molecular complexity index is 162. The number of rotatable bonds is 11. The highest BCUT2D eigenvalue weighted by Gasteiger charge is 2.05. The van der Waals surface area contributed by atoms with Crippen LogP contribution in [-0.4, -0.2) is 48.9 Å². The molecule has 0 aromatic heterocycles. The molecule has 0 atom stereocenters. The van der Waals surface area contributed by atoms with E-state index in [9.17, 15) is 4.79 Å². The van der Waals surface area contributed by atoms with Crippen molar-refractivity contribution in [2.24, 2.45) is 0 Å². The summed E-state index contributed by atoms with van der Waals surface area (Å²) in [4.78, 5) is 15.2. The standard InChI is InChI=1S/C13H28N2O/c1-4-7-9-14(6-3)11-12-15(13-16)10-8-5-2/h13H,4-12H2,1-3H3. The van der Waals surface area contributed by atoms with Crippen molar-refractivity contribution in [3.05, 3.63) is 0 Å². The van der Waals surface area contributed by atoms with E-state index in [-0.39, 0.29) is 0 Å². The van der Waals surface area contributed by atoms with E-state index in [2.05, 4.69) is 25.7 Å². The van der Waals surface area contributed by atoms with Crippen LogP contribution in [0, 0.1) is 0 Å². The van der Waals surface area contributed by atoms with Gasteiger partial charge in [0.25, 0.3) is 0 Å². The fourth-order valence-electron chi connectivity index (χ4n) is 1.66. The highest BCUT2D eigenvalue weighted by Crippen LogP contribution is 1.97. The van der Waals surface area contributed by atoms with Gasteiger partial charge in [0.1, 0.15) is 0 Å². The van der Waals surface area contributed by atoms with Gasteiger partial charge in [-0.3, -0.25) is 4.79 Å². The minimum absolute atomic E-state index is 0.876. The maximum Gasteiger partial charge on any atom is 0.209 e. The third-order valence-electron chi connectivity index (χ3n) is 2.93. The second kappa shape index (κ2) is 10.9. The normalized spacial score (nSPS) is 10.8. The monoisotopic (exact) mass is 228 g/mol. The second-order valence-electron chi connectivity index (χ2n) is 4.28. The minimum atomic E-state index is 0.876. The van der Waals surface area contributed by atoms with Crippen molar-refractivity contribution in [2.75, 3.05) is 32.7 Å². The van der Waals surface area contributed by atoms with E-state index in [0.717, 1.165) is 52.0 Å². The quantitative estimate of drug-likeness (QED) is 0.507. The molecule has 0 aromatic carbocycles. The molecule has 0 N–H and O–H groups in total. The summed E-state index contributed by atoms with van der Waals surface area (Å²) < 4.78 is 0. The van der Waals surface area contributed by atoms with E-state index in [0.29, 0.717) is 0 Å². The fourth-order valence-corrected chi connectivity index (χ4v) is 1.66. The molecule has 0 spiro atoms. The topological polar surface area (TPSA) is 23.6 Å². The molecule has 0 aliphatic rings. The molecule has 0 radical (unpaired) electrons. The summed E-state index contributed by atoms with van der Waals surface area (Å²) in [7, 11) is 0. The van der Waals surface area contributed by atoms with Gasteiger partial charge in [-0.05, 0) is 25.9 Å². The van der Waals surface area contributed by atoms with Gasteiger partial charge in [0.2, 0.25) is 6.41 Å². The third-order valence-corrected chi connectivity index (χ3v) is 2.93. The highest BCUT2D eigenvalue weighted by atomic mass is 16.1. The maximum atomic E-state index is 10.8. The molecule has 0 bridgehead atoms. The summed E-state index contributed by atoms with van der Waals surface area (Å²) in [6.07, 6.45) is 5.74. The number of hydrogen-bond donors (Lipinski definition) is 0. The van der Waals surface area contributed by atoms with Crippen LogP contribution in [0.5, 0.6) is 0 Å². The average Bonchev–Trinajstić information content (AvgIpc) is 2.33. The first-order valence-electron chi connectivity index (χ1n) is 6.70. The predicted molar refractivity (Wildman–Crippen MR) is 69.6 cm³/mol. The smallest absolute Gasteiger partial charge is 0.209 e. The zero-order valence-corrected chi connectivity index (χ0v) is 11.2. The number of carbonyl (C=O) groups excluding carboxylic acids is 1. The molecule has 96 valence electrons. The van der Waals surface area contributed by atoms with Crippen LogP contribution in [0.25, 0.3) is 0 Å². The van der Waals surface area contributed by atoms with Gasteiger partial charge in [0.05, 0.1) is 0 Å². The van der Waals surface area contributed by atoms with Gasteiger partial charge >= 0.3 is 0 Å². The number of hydrogen-bond acceptors (Lipinski definition) is 2. The molecule has 1 amide bonds. The molecular formula is C13H28N2O. The molecule has 0 aliphatic carbocycles. The van der Waals surface area contributed by atoms with E-state index in [1.54, 1.807) is 0 Å². The molecule has 0 aliphatic heterocycles. The van der Waals surface area contributed by atoms with E-state index in [4.69, 9.17) is 0 Å². The zero-order chi connectivity index (χ0) is 12.2. The minimum Gasteiger partial charge on any atom is -0.344 e. The van der Waals surface area contributed by atoms with Crippen LogP contribution >= 0.6 is 0 Å². The molecule has 0 aromatic rings. The van der Waals surface area contributed by atoms with Crippen LogP contribution in [-0.2, 0) is 4.79 Å². The lowest BCUT2D eigenvalue weighted by atomic mass is 10.3. The van der Waals surface area contributed by atoms with Crippen molar-refractivity contribution in [2.45, 2.75) is 46.5 Å². The van der Waals surface area contributed by atoms with E-state index in [1.807, 2.05) is 4.90 Å². The van der Waals surface area contributed by atoms with Crippen molar-refractivity contribution in [1.29, 1.82) is 0 Å². The summed E-state index contributed by atoms with van der Waals surface area (Å²) in [6.45, 7) is 11.6. The van der Waals surface area contributed by atoms with Crippen LogP contribution in [0.4, 0.5) is 0 Å². The largest absolute Gasteiger partial charge is 0.344 e. The summed E-state index contributed by atoms with van der Waals surface area (Å²) in [5.74, 6) is 0. The first-order chi connectivity index (χ1) is 7.78. The Balaban J connectivity index is 3.73. The van der Waals surface area contributed by atoms with Crippen LogP contribution in [0.3, 0.4) is 0 Å². The Morgan fingerprint density at radius 1 is 0.875 bits per heavy atom. The van der Waals surface area contributed by atoms with Crippen LogP contribution in [0.2, 0.25) is 0 Å². The van der Waals surface area contributed by atoms with Crippen molar-refractivity contribution in [1.82, 2.24) is 9.80 Å². The predicted octanol–water partition coefficient (Wildman–Crippen LogP) is 2.37. The lowest BCUT2D eigenvalue weighted by Crippen LogP contribution is -2.35. The van der Waals surface area contributed by atoms with Crippen LogP contribution in [0.15, 0.2) is 0 Å². The first-order valence-corrected chi connectivity index (χ1v) is 6.70. The molecular weight excluding hydrogens is 200 g/mol. The number of carbonyl (C=O) groups is 1. The molecule has 3 nitrogen and oxygen atoms in total. The summed E-state index contributed by atoms with van der Waals surface area (Å²) in [5.41, 5.74) is 0. The Labute approximate surface area is 101 Å². The van der Waals surface area contributed by atoms with Gasteiger partial charge in [0, 0.05) is 19.6 Å². The van der Waals surface area contributed by atoms with Crippen LogP contribution in [0.1, 0.15) is 46.5 Å². The van der Waals surface area contributed by atoms with Gasteiger partial charge in [-0.1, -0.05) is 33.6 Å². The zero-order valence-electron chi connectivity index (χ0n) is 11.2. The van der Waals surface area contributed by atoms with Gasteiger partial charge in [-0.2, -0.15) is 0 Å². The number of likely N-dealkylation sites (N-methyl/N-ethyl adjacent to an activating group) is 1. The van der Waals surface area contributed by atoms with Gasteiger partial charge in [-0.15, -0.1) is 0 Å². The van der Waals surface area contributed by atoms with Crippen molar-refractivity contribution < 1.29 is 4.79 Å². The Morgan fingerprint density at radius 3 is 2.00 bits per heavy atom. The average molecular weight is 228 g/mol. The molecule has 0 saturated carbocycles. The van der Waals surface area contributed by atoms with Crippen LogP contribution < -0.4 is 0 Å². The first kappa shape index (κ1) is 15.4. The van der Waals surface area contributed by atoms with Crippen molar-refractivity contribution in [3.63, 3.8) is 0 Å². The highest BCUT2D eigenvalue weighted by molar-refractivity contribution is 5.46. The summed E-state index contributed by atoms with van der Waals surface area (Å²) in [5, 5.41) is 0. The van der Waals surface area contributed by atoms with Gasteiger partial charge < -0.3 is 9.80 Å². The lowest BCUT2D eigenvalue weighted by Gasteiger charge is -2.24. The number of unbranched alkanes of at least 4 members (excludes halogenated alkanes) is 2. The molecule has 3 heteroatoms. The summed E-state index contributed by atoms with van der Waals surface area (Å²) in [6, 6.07) is 0. The Hall–Kier alpha value is -0.570. The summed E-state index contributed by atoms with van der Waals surface area (Å²) >= 11 is 0. The molecule has 0 fully saturated rings.